The van der Waals surface area contributed by atoms with Crippen molar-refractivity contribution in [2.24, 2.45) is 0 Å². The van der Waals surface area contributed by atoms with Crippen molar-refractivity contribution >= 4 is 15.9 Å². The van der Waals surface area contributed by atoms with Gasteiger partial charge < -0.3 is 5.32 Å². The smallest absolute Gasteiger partial charge is 0.137 e. The van der Waals surface area contributed by atoms with Crippen LogP contribution >= 0.6 is 15.9 Å². The lowest BCUT2D eigenvalue weighted by atomic mass is 10.0. The summed E-state index contributed by atoms with van der Waals surface area (Å²) in [6, 6.07) is 5.37. The zero-order valence-electron chi connectivity index (χ0n) is 9.26. The Balaban J connectivity index is 2.71. The number of unbranched alkanes of at least 4 members (excludes halogenated alkanes) is 1. The predicted octanol–water partition coefficient (Wildman–Crippen LogP) is 3.65. The van der Waals surface area contributed by atoms with Gasteiger partial charge in [-0.15, -0.1) is 12.3 Å². The van der Waals surface area contributed by atoms with Crippen LogP contribution in [0.5, 0.6) is 0 Å². The molecule has 3 heteroatoms. The van der Waals surface area contributed by atoms with E-state index in [1.165, 1.54) is 0 Å². The van der Waals surface area contributed by atoms with Crippen LogP contribution in [0.15, 0.2) is 22.7 Å². The van der Waals surface area contributed by atoms with Crippen LogP contribution in [0.25, 0.3) is 0 Å². The van der Waals surface area contributed by atoms with Gasteiger partial charge in [0, 0.05) is 12.5 Å². The Morgan fingerprint density at radius 2 is 2.31 bits per heavy atom. The van der Waals surface area contributed by atoms with Crippen molar-refractivity contribution < 1.29 is 4.39 Å². The first-order valence-electron chi connectivity index (χ1n) is 5.24. The Bertz CT molecular complexity index is 384. The van der Waals surface area contributed by atoms with Crippen LogP contribution in [0, 0.1) is 18.2 Å². The van der Waals surface area contributed by atoms with Crippen molar-refractivity contribution in [1.82, 2.24) is 5.32 Å². The highest BCUT2D eigenvalue weighted by atomic mass is 79.9. The molecule has 0 radical (unpaired) electrons. The van der Waals surface area contributed by atoms with Gasteiger partial charge >= 0.3 is 0 Å². The molecule has 0 aliphatic rings. The second-order valence-electron chi connectivity index (χ2n) is 3.61. The molecule has 0 fully saturated rings. The number of nitrogens with one attached hydrogen (secondary N) is 1. The summed E-state index contributed by atoms with van der Waals surface area (Å²) in [5.74, 6) is 2.38. The molecule has 0 amide bonds. The van der Waals surface area contributed by atoms with Gasteiger partial charge in [0.25, 0.3) is 0 Å². The lowest BCUT2D eigenvalue weighted by Gasteiger charge is -2.16. The van der Waals surface area contributed by atoms with Gasteiger partial charge in [-0.25, -0.2) is 4.39 Å². The molecule has 16 heavy (non-hydrogen) atoms. The molecule has 1 aromatic carbocycles. The van der Waals surface area contributed by atoms with Crippen molar-refractivity contribution in [3.05, 3.63) is 34.1 Å². The maximum absolute atomic E-state index is 13.4. The van der Waals surface area contributed by atoms with E-state index in [-0.39, 0.29) is 11.9 Å². The van der Waals surface area contributed by atoms with Gasteiger partial charge in [-0.05, 0) is 53.5 Å². The standard InChI is InChI=1S/C13H15BrFN/c1-3-4-5-6-13(16-2)10-7-8-11(14)12(15)9-10/h1,7-9,13,16H,4-6H2,2H3. The Hall–Kier alpha value is -0.850. The van der Waals surface area contributed by atoms with Crippen LogP contribution in [0.1, 0.15) is 30.9 Å². The van der Waals surface area contributed by atoms with E-state index in [4.69, 9.17) is 6.42 Å². The zero-order chi connectivity index (χ0) is 12.0. The molecule has 0 saturated heterocycles. The summed E-state index contributed by atoms with van der Waals surface area (Å²) >= 11 is 3.14. The minimum Gasteiger partial charge on any atom is -0.313 e. The number of benzene rings is 1. The molecule has 0 aliphatic carbocycles. The summed E-state index contributed by atoms with van der Waals surface area (Å²) in [6.07, 6.45) is 7.83. The Kier molecular flexibility index (Phi) is 5.51. The minimum absolute atomic E-state index is 0.163. The highest BCUT2D eigenvalue weighted by Crippen LogP contribution is 2.23. The normalized spacial score (nSPS) is 12.1. The number of rotatable bonds is 5. The molecule has 1 unspecified atom stereocenters. The fourth-order valence-electron chi connectivity index (χ4n) is 1.62. The molecule has 86 valence electrons. The quantitative estimate of drug-likeness (QED) is 0.643. The van der Waals surface area contributed by atoms with E-state index in [2.05, 4.69) is 27.2 Å². The number of halogens is 2. The summed E-state index contributed by atoms with van der Waals surface area (Å²) in [4.78, 5) is 0. The first-order valence-corrected chi connectivity index (χ1v) is 6.04. The molecule has 1 N–H and O–H groups in total. The third kappa shape index (κ3) is 3.62. The molecule has 0 heterocycles. The molecular formula is C13H15BrFN. The molecular weight excluding hydrogens is 269 g/mol. The average Bonchev–Trinajstić information content (AvgIpc) is 2.29. The summed E-state index contributed by atoms with van der Waals surface area (Å²) in [5, 5.41) is 3.17. The maximum atomic E-state index is 13.4. The van der Waals surface area contributed by atoms with Crippen molar-refractivity contribution in [3.8, 4) is 12.3 Å². The topological polar surface area (TPSA) is 12.0 Å². The van der Waals surface area contributed by atoms with Crippen LogP contribution in [0.3, 0.4) is 0 Å². The molecule has 0 spiro atoms. The second kappa shape index (κ2) is 6.67. The largest absolute Gasteiger partial charge is 0.313 e. The molecule has 1 rings (SSSR count). The Labute approximate surface area is 105 Å². The first kappa shape index (κ1) is 13.2. The summed E-state index contributed by atoms with van der Waals surface area (Å²) in [5.41, 5.74) is 0.959. The lowest BCUT2D eigenvalue weighted by Crippen LogP contribution is -2.16. The van der Waals surface area contributed by atoms with Gasteiger partial charge in [0.05, 0.1) is 4.47 Å². The van der Waals surface area contributed by atoms with Crippen LogP contribution < -0.4 is 5.32 Å². The van der Waals surface area contributed by atoms with E-state index in [0.29, 0.717) is 4.47 Å². The van der Waals surface area contributed by atoms with E-state index in [1.807, 2.05) is 13.1 Å². The predicted molar refractivity (Wildman–Crippen MR) is 68.6 cm³/mol. The molecule has 1 aromatic rings. The van der Waals surface area contributed by atoms with Gasteiger partial charge in [0.2, 0.25) is 0 Å². The molecule has 1 atom stereocenters. The fourth-order valence-corrected chi connectivity index (χ4v) is 1.86. The summed E-state index contributed by atoms with van der Waals surface area (Å²) in [6.45, 7) is 0. The van der Waals surface area contributed by atoms with Crippen molar-refractivity contribution in [2.45, 2.75) is 25.3 Å². The zero-order valence-corrected chi connectivity index (χ0v) is 10.8. The highest BCUT2D eigenvalue weighted by Gasteiger charge is 2.10. The van der Waals surface area contributed by atoms with E-state index < -0.39 is 0 Å². The molecule has 0 bridgehead atoms. The molecule has 0 saturated carbocycles. The monoisotopic (exact) mass is 283 g/mol. The lowest BCUT2D eigenvalue weighted by molar-refractivity contribution is 0.526. The summed E-state index contributed by atoms with van der Waals surface area (Å²) < 4.78 is 13.9. The number of hydrogen-bond acceptors (Lipinski definition) is 1. The van der Waals surface area contributed by atoms with Gasteiger partial charge in [-0.2, -0.15) is 0 Å². The Morgan fingerprint density at radius 1 is 1.56 bits per heavy atom. The van der Waals surface area contributed by atoms with E-state index >= 15 is 0 Å². The van der Waals surface area contributed by atoms with E-state index in [0.717, 1.165) is 24.8 Å². The van der Waals surface area contributed by atoms with Crippen LogP contribution in [0.2, 0.25) is 0 Å². The van der Waals surface area contributed by atoms with Gasteiger partial charge in [-0.3, -0.25) is 0 Å². The van der Waals surface area contributed by atoms with E-state index in [9.17, 15) is 4.39 Å². The third-order valence-electron chi connectivity index (χ3n) is 2.51. The fraction of sp³-hybridized carbons (Fsp3) is 0.385. The highest BCUT2D eigenvalue weighted by molar-refractivity contribution is 9.10. The molecule has 1 nitrogen and oxygen atoms in total. The number of hydrogen-bond donors (Lipinski definition) is 1. The van der Waals surface area contributed by atoms with Crippen LogP contribution in [-0.2, 0) is 0 Å². The van der Waals surface area contributed by atoms with Gasteiger partial charge in [-0.1, -0.05) is 6.07 Å². The average molecular weight is 284 g/mol. The molecule has 0 aromatic heterocycles. The Morgan fingerprint density at radius 3 is 2.88 bits per heavy atom. The van der Waals surface area contributed by atoms with Crippen molar-refractivity contribution in [3.63, 3.8) is 0 Å². The SMILES string of the molecule is C#CCCCC(NC)c1ccc(Br)c(F)c1. The summed E-state index contributed by atoms with van der Waals surface area (Å²) in [7, 11) is 1.88. The van der Waals surface area contributed by atoms with Crippen molar-refractivity contribution in [1.29, 1.82) is 0 Å². The van der Waals surface area contributed by atoms with Crippen molar-refractivity contribution in [2.75, 3.05) is 7.05 Å². The molecule has 0 aliphatic heterocycles. The van der Waals surface area contributed by atoms with Crippen LogP contribution in [0.4, 0.5) is 4.39 Å². The van der Waals surface area contributed by atoms with Gasteiger partial charge in [0.15, 0.2) is 0 Å². The van der Waals surface area contributed by atoms with Gasteiger partial charge in [0.1, 0.15) is 5.82 Å². The van der Waals surface area contributed by atoms with Crippen LogP contribution in [-0.4, -0.2) is 7.05 Å². The first-order chi connectivity index (χ1) is 7.69. The number of terminal acetylenes is 1. The third-order valence-corrected chi connectivity index (χ3v) is 3.15. The minimum atomic E-state index is -0.227. The maximum Gasteiger partial charge on any atom is 0.137 e. The van der Waals surface area contributed by atoms with E-state index in [1.54, 1.807) is 12.1 Å². The second-order valence-corrected chi connectivity index (χ2v) is 4.47.